The van der Waals surface area contributed by atoms with Gasteiger partial charge in [-0.05, 0) is 43.4 Å². The lowest BCUT2D eigenvalue weighted by atomic mass is 9.91. The van der Waals surface area contributed by atoms with Crippen LogP contribution in [-0.4, -0.2) is 25.0 Å². The Kier molecular flexibility index (Phi) is 3.23. The molecule has 0 aromatic heterocycles. The molecule has 1 N–H and O–H groups in total. The maximum atomic E-state index is 13.2. The smallest absolute Gasteiger partial charge is 0.153 e. The average molecular weight is 272 g/mol. The predicted molar refractivity (Wildman–Crippen MR) is 67.5 cm³/mol. The second kappa shape index (κ2) is 4.31. The summed E-state index contributed by atoms with van der Waals surface area (Å²) in [4.78, 5) is 0. The lowest BCUT2D eigenvalue weighted by Gasteiger charge is -2.29. The van der Waals surface area contributed by atoms with Crippen LogP contribution in [0.2, 0.25) is 0 Å². The number of halogens is 1. The first-order valence-electron chi connectivity index (χ1n) is 5.93. The molecule has 0 saturated heterocycles. The Morgan fingerprint density at radius 1 is 1.44 bits per heavy atom. The first-order chi connectivity index (χ1) is 8.25. The molecule has 3 nitrogen and oxygen atoms in total. The molecule has 1 fully saturated rings. The van der Waals surface area contributed by atoms with Gasteiger partial charge in [0, 0.05) is 6.26 Å². The maximum absolute atomic E-state index is 13.2. The first kappa shape index (κ1) is 13.5. The van der Waals surface area contributed by atoms with Crippen LogP contribution in [0.25, 0.3) is 0 Å². The summed E-state index contributed by atoms with van der Waals surface area (Å²) in [6, 6.07) is 4.30. The molecule has 2 unspecified atom stereocenters. The van der Waals surface area contributed by atoms with Crippen molar-refractivity contribution in [1.82, 2.24) is 0 Å². The fraction of sp³-hybridized carbons (Fsp3) is 0.538. The van der Waals surface area contributed by atoms with Crippen molar-refractivity contribution in [3.05, 3.63) is 35.1 Å². The second-order valence-electron chi connectivity index (χ2n) is 5.10. The molecular formula is C13H17FO3S. The Hall–Kier alpha value is -0.940. The lowest BCUT2D eigenvalue weighted by Crippen LogP contribution is -2.39. The molecular weight excluding hydrogens is 255 g/mol. The lowest BCUT2D eigenvalue weighted by molar-refractivity contribution is 0.0476. The van der Waals surface area contributed by atoms with Gasteiger partial charge in [0.1, 0.15) is 11.4 Å². The maximum Gasteiger partial charge on any atom is 0.153 e. The van der Waals surface area contributed by atoms with Crippen molar-refractivity contribution in [3.63, 3.8) is 0 Å². The molecule has 1 aromatic carbocycles. The molecule has 0 aliphatic heterocycles. The van der Waals surface area contributed by atoms with E-state index < -0.39 is 20.7 Å². The van der Waals surface area contributed by atoms with Gasteiger partial charge in [0.2, 0.25) is 0 Å². The van der Waals surface area contributed by atoms with Gasteiger partial charge < -0.3 is 5.11 Å². The number of aryl methyl sites for hydroxylation is 1. The summed E-state index contributed by atoms with van der Waals surface area (Å²) in [5, 5.41) is 9.88. The van der Waals surface area contributed by atoms with E-state index in [4.69, 9.17) is 0 Å². The summed E-state index contributed by atoms with van der Waals surface area (Å²) in [6.07, 6.45) is 2.65. The van der Waals surface area contributed by atoms with Crippen molar-refractivity contribution < 1.29 is 17.9 Å². The van der Waals surface area contributed by atoms with Gasteiger partial charge in [0.15, 0.2) is 9.84 Å². The Labute approximate surface area is 107 Å². The Morgan fingerprint density at radius 2 is 2.11 bits per heavy atom. The number of sulfone groups is 1. The van der Waals surface area contributed by atoms with E-state index in [0.717, 1.165) is 6.26 Å². The molecule has 1 aliphatic rings. The summed E-state index contributed by atoms with van der Waals surface area (Å²) in [6.45, 7) is 1.60. The predicted octanol–water partition coefficient (Wildman–Crippen LogP) is 1.92. The van der Waals surface area contributed by atoms with Crippen molar-refractivity contribution in [2.24, 2.45) is 0 Å². The Bertz CT molecular complexity index is 568. The van der Waals surface area contributed by atoms with E-state index in [-0.39, 0.29) is 5.82 Å². The van der Waals surface area contributed by atoms with Crippen LogP contribution < -0.4 is 0 Å². The van der Waals surface area contributed by atoms with E-state index in [2.05, 4.69) is 0 Å². The van der Waals surface area contributed by atoms with E-state index >= 15 is 0 Å². The van der Waals surface area contributed by atoms with E-state index in [9.17, 15) is 17.9 Å². The molecule has 1 aliphatic carbocycles. The van der Waals surface area contributed by atoms with Gasteiger partial charge in [-0.15, -0.1) is 0 Å². The van der Waals surface area contributed by atoms with E-state index in [1.807, 2.05) is 0 Å². The molecule has 5 heteroatoms. The van der Waals surface area contributed by atoms with Crippen LogP contribution in [0, 0.1) is 12.7 Å². The highest BCUT2D eigenvalue weighted by atomic mass is 32.2. The van der Waals surface area contributed by atoms with Gasteiger partial charge in [0.25, 0.3) is 0 Å². The molecule has 0 amide bonds. The Balaban J connectivity index is 2.50. The highest BCUT2D eigenvalue weighted by Gasteiger charge is 2.48. The van der Waals surface area contributed by atoms with Gasteiger partial charge in [-0.25, -0.2) is 12.8 Å². The highest BCUT2D eigenvalue weighted by molar-refractivity contribution is 7.91. The van der Waals surface area contributed by atoms with Crippen LogP contribution in [0.3, 0.4) is 0 Å². The van der Waals surface area contributed by atoms with Gasteiger partial charge in [-0.1, -0.05) is 12.1 Å². The first-order valence-corrected chi connectivity index (χ1v) is 7.88. The fourth-order valence-electron chi connectivity index (χ4n) is 2.77. The van der Waals surface area contributed by atoms with Crippen LogP contribution in [-0.2, 0) is 15.4 Å². The van der Waals surface area contributed by atoms with Crippen molar-refractivity contribution >= 4 is 9.84 Å². The SMILES string of the molecule is Cc1cc(C2(O)CCCC2S(C)(=O)=O)ccc1F. The third-order valence-electron chi connectivity index (χ3n) is 3.73. The van der Waals surface area contributed by atoms with Crippen LogP contribution in [0.5, 0.6) is 0 Å². The summed E-state index contributed by atoms with van der Waals surface area (Å²) in [5.74, 6) is -0.351. The molecule has 18 heavy (non-hydrogen) atoms. The molecule has 0 heterocycles. The van der Waals surface area contributed by atoms with Crippen molar-refractivity contribution in [1.29, 1.82) is 0 Å². The molecule has 1 saturated carbocycles. The molecule has 0 radical (unpaired) electrons. The van der Waals surface area contributed by atoms with Crippen LogP contribution in [0.4, 0.5) is 4.39 Å². The number of hydrogen-bond acceptors (Lipinski definition) is 3. The highest BCUT2D eigenvalue weighted by Crippen LogP contribution is 2.42. The largest absolute Gasteiger partial charge is 0.384 e. The van der Waals surface area contributed by atoms with Crippen LogP contribution in [0.1, 0.15) is 30.4 Å². The minimum absolute atomic E-state index is 0.351. The topological polar surface area (TPSA) is 54.4 Å². The zero-order chi connectivity index (χ0) is 13.6. The van der Waals surface area contributed by atoms with E-state index in [0.29, 0.717) is 30.4 Å². The fourth-order valence-corrected chi connectivity index (χ4v) is 4.33. The summed E-state index contributed by atoms with van der Waals surface area (Å²) in [7, 11) is -3.33. The number of rotatable bonds is 2. The quantitative estimate of drug-likeness (QED) is 0.895. The zero-order valence-electron chi connectivity index (χ0n) is 10.5. The van der Waals surface area contributed by atoms with Gasteiger partial charge in [-0.3, -0.25) is 0 Å². The van der Waals surface area contributed by atoms with Crippen molar-refractivity contribution in [2.45, 2.75) is 37.0 Å². The Morgan fingerprint density at radius 3 is 2.67 bits per heavy atom. The molecule has 2 atom stereocenters. The normalized spacial score (nSPS) is 28.6. The molecule has 0 bridgehead atoms. The van der Waals surface area contributed by atoms with Crippen molar-refractivity contribution in [2.75, 3.05) is 6.26 Å². The number of benzene rings is 1. The van der Waals surface area contributed by atoms with Crippen LogP contribution in [0.15, 0.2) is 18.2 Å². The average Bonchev–Trinajstić information content (AvgIpc) is 2.65. The minimum atomic E-state index is -3.33. The third kappa shape index (κ3) is 2.17. The molecule has 0 spiro atoms. The third-order valence-corrected chi connectivity index (χ3v) is 5.39. The molecule has 100 valence electrons. The second-order valence-corrected chi connectivity index (χ2v) is 7.33. The molecule has 1 aromatic rings. The monoisotopic (exact) mass is 272 g/mol. The van der Waals surface area contributed by atoms with Gasteiger partial charge in [0.05, 0.1) is 5.25 Å². The number of aliphatic hydroxyl groups is 1. The summed E-state index contributed by atoms with van der Waals surface area (Å²) in [5.41, 5.74) is -0.471. The standard InChI is InChI=1S/C13H17FO3S/c1-9-8-10(5-6-11(9)14)13(15)7-3-4-12(13)18(2,16)17/h5-6,8,12,15H,3-4,7H2,1-2H3. The minimum Gasteiger partial charge on any atom is -0.384 e. The van der Waals surface area contributed by atoms with Crippen LogP contribution >= 0.6 is 0 Å². The van der Waals surface area contributed by atoms with E-state index in [1.54, 1.807) is 13.0 Å². The van der Waals surface area contributed by atoms with Gasteiger partial charge in [-0.2, -0.15) is 0 Å². The molecule has 2 rings (SSSR count). The number of hydrogen-bond donors (Lipinski definition) is 1. The van der Waals surface area contributed by atoms with Gasteiger partial charge >= 0.3 is 0 Å². The van der Waals surface area contributed by atoms with Crippen molar-refractivity contribution in [3.8, 4) is 0 Å². The van der Waals surface area contributed by atoms with E-state index in [1.165, 1.54) is 12.1 Å². The summed E-state index contributed by atoms with van der Waals surface area (Å²) < 4.78 is 36.7. The zero-order valence-corrected chi connectivity index (χ0v) is 11.3. The summed E-state index contributed by atoms with van der Waals surface area (Å²) >= 11 is 0.